The monoisotopic (exact) mass is 285 g/mol. The van der Waals surface area contributed by atoms with Crippen LogP contribution >= 0.6 is 0 Å². The Morgan fingerprint density at radius 2 is 1.30 bits per heavy atom. The standard InChI is InChI=1S/C17H35NO2/c1-2-3-4-5-6-7-8-9-10-11-12-13-16(19)14-15-17(18)20/h16,19H,2-15H2,1H3,(H2,18,20). The summed E-state index contributed by atoms with van der Waals surface area (Å²) in [6.45, 7) is 2.25. The highest BCUT2D eigenvalue weighted by molar-refractivity contribution is 5.73. The largest absolute Gasteiger partial charge is 0.393 e. The zero-order valence-corrected chi connectivity index (χ0v) is 13.4. The maximum Gasteiger partial charge on any atom is 0.217 e. The fourth-order valence-corrected chi connectivity index (χ4v) is 2.50. The fraction of sp³-hybridized carbons (Fsp3) is 0.941. The molecule has 0 spiro atoms. The van der Waals surface area contributed by atoms with Crippen molar-refractivity contribution in [2.24, 2.45) is 5.73 Å². The first kappa shape index (κ1) is 19.4. The molecule has 3 N–H and O–H groups in total. The van der Waals surface area contributed by atoms with Gasteiger partial charge in [0.1, 0.15) is 0 Å². The molecule has 0 aromatic heterocycles. The quantitative estimate of drug-likeness (QED) is 0.440. The van der Waals surface area contributed by atoms with Gasteiger partial charge in [0.15, 0.2) is 0 Å². The molecule has 0 rings (SSSR count). The second kappa shape index (κ2) is 14.8. The maximum atomic E-state index is 10.6. The molecule has 0 radical (unpaired) electrons. The van der Waals surface area contributed by atoms with Gasteiger partial charge in [0.2, 0.25) is 5.91 Å². The number of aliphatic hydroxyl groups is 1. The molecule has 0 bridgehead atoms. The Kier molecular flexibility index (Phi) is 14.4. The fourth-order valence-electron chi connectivity index (χ4n) is 2.50. The third-order valence-corrected chi connectivity index (χ3v) is 3.86. The van der Waals surface area contributed by atoms with Crippen LogP contribution in [0.5, 0.6) is 0 Å². The molecule has 0 aromatic rings. The lowest BCUT2D eigenvalue weighted by Gasteiger charge is -2.08. The zero-order chi connectivity index (χ0) is 15.1. The van der Waals surface area contributed by atoms with Gasteiger partial charge < -0.3 is 10.8 Å². The van der Waals surface area contributed by atoms with E-state index in [0.717, 1.165) is 12.8 Å². The van der Waals surface area contributed by atoms with Crippen LogP contribution in [0.2, 0.25) is 0 Å². The maximum absolute atomic E-state index is 10.6. The number of primary amides is 1. The van der Waals surface area contributed by atoms with Crippen molar-refractivity contribution < 1.29 is 9.90 Å². The van der Waals surface area contributed by atoms with Crippen LogP contribution in [-0.4, -0.2) is 17.1 Å². The van der Waals surface area contributed by atoms with Crippen LogP contribution in [0, 0.1) is 0 Å². The van der Waals surface area contributed by atoms with Crippen LogP contribution in [0.3, 0.4) is 0 Å². The van der Waals surface area contributed by atoms with E-state index in [1.165, 1.54) is 64.2 Å². The lowest BCUT2D eigenvalue weighted by molar-refractivity contribution is -0.118. The van der Waals surface area contributed by atoms with Crippen LogP contribution in [0.15, 0.2) is 0 Å². The Labute approximate surface area is 125 Å². The summed E-state index contributed by atoms with van der Waals surface area (Å²) in [7, 11) is 0. The van der Waals surface area contributed by atoms with Crippen molar-refractivity contribution >= 4 is 5.91 Å². The lowest BCUT2D eigenvalue weighted by atomic mass is 10.0. The number of aliphatic hydroxyl groups excluding tert-OH is 1. The second-order valence-electron chi connectivity index (χ2n) is 5.98. The van der Waals surface area contributed by atoms with Gasteiger partial charge in [-0.1, -0.05) is 77.6 Å². The second-order valence-corrected chi connectivity index (χ2v) is 5.98. The normalized spacial score (nSPS) is 12.5. The summed E-state index contributed by atoms with van der Waals surface area (Å²) < 4.78 is 0. The van der Waals surface area contributed by atoms with Gasteiger partial charge in [0.05, 0.1) is 6.10 Å². The molecule has 0 fully saturated rings. The van der Waals surface area contributed by atoms with Crippen LogP contribution in [-0.2, 0) is 4.79 Å². The van der Waals surface area contributed by atoms with E-state index >= 15 is 0 Å². The van der Waals surface area contributed by atoms with Gasteiger partial charge in [-0.05, 0) is 12.8 Å². The summed E-state index contributed by atoms with van der Waals surface area (Å²) in [5, 5.41) is 9.63. The van der Waals surface area contributed by atoms with Gasteiger partial charge >= 0.3 is 0 Å². The Bertz CT molecular complexity index is 219. The number of rotatable bonds is 15. The zero-order valence-electron chi connectivity index (χ0n) is 13.4. The van der Waals surface area contributed by atoms with Crippen molar-refractivity contribution in [2.75, 3.05) is 0 Å². The molecule has 0 aliphatic rings. The number of hydrogen-bond acceptors (Lipinski definition) is 2. The Balaban J connectivity index is 3.10. The van der Waals surface area contributed by atoms with Crippen molar-refractivity contribution in [2.45, 2.75) is 103 Å². The van der Waals surface area contributed by atoms with E-state index in [9.17, 15) is 9.90 Å². The molecule has 0 aliphatic heterocycles. The molecule has 0 aromatic carbocycles. The van der Waals surface area contributed by atoms with Gasteiger partial charge in [-0.2, -0.15) is 0 Å². The summed E-state index contributed by atoms with van der Waals surface area (Å²) >= 11 is 0. The van der Waals surface area contributed by atoms with E-state index in [-0.39, 0.29) is 12.0 Å². The summed E-state index contributed by atoms with van der Waals surface area (Å²) in [5.41, 5.74) is 5.05. The number of amides is 1. The van der Waals surface area contributed by atoms with Crippen molar-refractivity contribution in [3.05, 3.63) is 0 Å². The SMILES string of the molecule is CCCCCCCCCCCCCC(O)CCC(N)=O. The predicted octanol–water partition coefficient (Wildman–Crippen LogP) is 4.31. The number of hydrogen-bond donors (Lipinski definition) is 2. The van der Waals surface area contributed by atoms with Gasteiger partial charge in [-0.3, -0.25) is 4.79 Å². The summed E-state index contributed by atoms with van der Waals surface area (Å²) in [5.74, 6) is -0.317. The third-order valence-electron chi connectivity index (χ3n) is 3.86. The third kappa shape index (κ3) is 15.5. The number of nitrogens with two attached hydrogens (primary N) is 1. The van der Waals surface area contributed by atoms with Gasteiger partial charge in [-0.25, -0.2) is 0 Å². The summed E-state index contributed by atoms with van der Waals surface area (Å²) in [6.07, 6.45) is 15.8. The van der Waals surface area contributed by atoms with Crippen molar-refractivity contribution in [1.29, 1.82) is 0 Å². The molecule has 0 saturated carbocycles. The minimum Gasteiger partial charge on any atom is -0.393 e. The minimum absolute atomic E-state index is 0.305. The first-order valence-electron chi connectivity index (χ1n) is 8.63. The Morgan fingerprint density at radius 1 is 0.850 bits per heavy atom. The molecule has 0 aliphatic carbocycles. The van der Waals surface area contributed by atoms with E-state index in [0.29, 0.717) is 12.8 Å². The minimum atomic E-state index is -0.346. The molecule has 1 amide bonds. The highest BCUT2D eigenvalue weighted by Gasteiger charge is 2.05. The summed E-state index contributed by atoms with van der Waals surface area (Å²) in [4.78, 5) is 10.6. The predicted molar refractivity (Wildman–Crippen MR) is 85.5 cm³/mol. The topological polar surface area (TPSA) is 63.3 Å². The molecule has 20 heavy (non-hydrogen) atoms. The van der Waals surface area contributed by atoms with Crippen LogP contribution in [0.4, 0.5) is 0 Å². The highest BCUT2D eigenvalue weighted by Crippen LogP contribution is 2.13. The van der Waals surface area contributed by atoms with E-state index in [4.69, 9.17) is 5.73 Å². The first-order chi connectivity index (χ1) is 9.66. The molecule has 0 heterocycles. The molecule has 3 heteroatoms. The molecule has 3 nitrogen and oxygen atoms in total. The van der Waals surface area contributed by atoms with Gasteiger partial charge in [0, 0.05) is 6.42 Å². The van der Waals surface area contributed by atoms with E-state index in [2.05, 4.69) is 6.92 Å². The Morgan fingerprint density at radius 3 is 1.75 bits per heavy atom. The van der Waals surface area contributed by atoms with Crippen molar-refractivity contribution in [3.63, 3.8) is 0 Å². The Hall–Kier alpha value is -0.570. The first-order valence-corrected chi connectivity index (χ1v) is 8.63. The highest BCUT2D eigenvalue weighted by atomic mass is 16.3. The molecular formula is C17H35NO2. The smallest absolute Gasteiger partial charge is 0.217 e. The lowest BCUT2D eigenvalue weighted by Crippen LogP contribution is -2.15. The van der Waals surface area contributed by atoms with E-state index in [1.807, 2.05) is 0 Å². The number of carbonyl (C=O) groups is 1. The van der Waals surface area contributed by atoms with Crippen LogP contribution < -0.4 is 5.73 Å². The average molecular weight is 285 g/mol. The van der Waals surface area contributed by atoms with E-state index in [1.54, 1.807) is 0 Å². The van der Waals surface area contributed by atoms with Crippen LogP contribution in [0.25, 0.3) is 0 Å². The summed E-state index contributed by atoms with van der Waals surface area (Å²) in [6, 6.07) is 0. The molecular weight excluding hydrogens is 250 g/mol. The molecule has 1 unspecified atom stereocenters. The number of carbonyl (C=O) groups excluding carboxylic acids is 1. The molecule has 1 atom stereocenters. The van der Waals surface area contributed by atoms with Gasteiger partial charge in [-0.15, -0.1) is 0 Å². The average Bonchev–Trinajstić information content (AvgIpc) is 2.42. The van der Waals surface area contributed by atoms with Crippen molar-refractivity contribution in [3.8, 4) is 0 Å². The van der Waals surface area contributed by atoms with Crippen molar-refractivity contribution in [1.82, 2.24) is 0 Å². The molecule has 0 saturated heterocycles. The van der Waals surface area contributed by atoms with Crippen LogP contribution in [0.1, 0.15) is 96.8 Å². The van der Waals surface area contributed by atoms with E-state index < -0.39 is 0 Å². The van der Waals surface area contributed by atoms with Gasteiger partial charge in [0.25, 0.3) is 0 Å². The molecule has 120 valence electrons. The number of unbranched alkanes of at least 4 members (excludes halogenated alkanes) is 10.